The summed E-state index contributed by atoms with van der Waals surface area (Å²) in [5, 5.41) is 1.89. The summed E-state index contributed by atoms with van der Waals surface area (Å²) >= 11 is 5.98. The average Bonchev–Trinajstić information content (AvgIpc) is 2.72. The van der Waals surface area contributed by atoms with Gasteiger partial charge in [-0.2, -0.15) is 0 Å². The quantitative estimate of drug-likeness (QED) is 0.776. The normalized spacial score (nSPS) is 17.9. The zero-order valence-corrected chi connectivity index (χ0v) is 11.9. The molecule has 0 radical (unpaired) electrons. The molecule has 1 fully saturated rings. The highest BCUT2D eigenvalue weighted by Gasteiger charge is 2.21. The van der Waals surface area contributed by atoms with Crippen molar-refractivity contribution in [2.45, 2.75) is 18.8 Å². The highest BCUT2D eigenvalue weighted by molar-refractivity contribution is 6.31. The summed E-state index contributed by atoms with van der Waals surface area (Å²) in [6.45, 7) is 2.31. The Morgan fingerprint density at radius 1 is 1.22 bits per heavy atom. The predicted molar refractivity (Wildman–Crippen MR) is 77.9 cm³/mol. The van der Waals surface area contributed by atoms with Gasteiger partial charge in [-0.25, -0.2) is 0 Å². The van der Waals surface area contributed by atoms with E-state index < -0.39 is 0 Å². The van der Waals surface area contributed by atoms with Gasteiger partial charge in [-0.05, 0) is 57.2 Å². The van der Waals surface area contributed by atoms with Crippen molar-refractivity contribution < 1.29 is 4.42 Å². The lowest BCUT2D eigenvalue weighted by Gasteiger charge is -2.27. The molecular weight excluding hydrogens is 269 g/mol. The third-order valence-corrected chi connectivity index (χ3v) is 3.85. The Kier molecular flexibility index (Phi) is 4.21. The number of furan rings is 1. The van der Waals surface area contributed by atoms with Crippen LogP contribution < -0.4 is 0 Å². The fourth-order valence-electron chi connectivity index (χ4n) is 2.53. The molecule has 0 amide bonds. The molecule has 1 aromatic carbocycles. The van der Waals surface area contributed by atoms with Crippen LogP contribution in [0.1, 0.15) is 24.5 Å². The van der Waals surface area contributed by atoms with E-state index in [0.29, 0.717) is 5.92 Å². The molecule has 2 heterocycles. The first-order valence-corrected chi connectivity index (χ1v) is 6.48. The van der Waals surface area contributed by atoms with Crippen molar-refractivity contribution in [2.75, 3.05) is 20.1 Å². The van der Waals surface area contributed by atoms with Gasteiger partial charge in [-0.15, -0.1) is 12.4 Å². The topological polar surface area (TPSA) is 16.4 Å². The molecule has 0 N–H and O–H groups in total. The van der Waals surface area contributed by atoms with Crippen molar-refractivity contribution in [3.8, 4) is 0 Å². The molecule has 0 atom stereocenters. The fourth-order valence-corrected chi connectivity index (χ4v) is 2.71. The van der Waals surface area contributed by atoms with E-state index in [9.17, 15) is 0 Å². The second-order valence-corrected chi connectivity index (χ2v) is 5.34. The molecule has 1 aliphatic rings. The van der Waals surface area contributed by atoms with Gasteiger partial charge in [-0.3, -0.25) is 0 Å². The van der Waals surface area contributed by atoms with Crippen LogP contribution in [0.15, 0.2) is 28.7 Å². The molecule has 98 valence electrons. The second kappa shape index (κ2) is 5.52. The number of likely N-dealkylation sites (tertiary alicyclic amines) is 1. The molecule has 0 spiro atoms. The molecule has 18 heavy (non-hydrogen) atoms. The van der Waals surface area contributed by atoms with Gasteiger partial charge < -0.3 is 9.32 Å². The largest absolute Gasteiger partial charge is 0.461 e. The molecule has 0 aliphatic carbocycles. The predicted octanol–water partition coefficient (Wildman–Crippen LogP) is 4.32. The van der Waals surface area contributed by atoms with Crippen LogP contribution >= 0.6 is 24.0 Å². The Morgan fingerprint density at radius 3 is 2.67 bits per heavy atom. The summed E-state index contributed by atoms with van der Waals surface area (Å²) < 4.78 is 5.92. The van der Waals surface area contributed by atoms with Crippen LogP contribution in [0.5, 0.6) is 0 Å². The molecular formula is C14H17Cl2NO. The maximum absolute atomic E-state index is 5.98. The molecule has 0 bridgehead atoms. The third kappa shape index (κ3) is 2.66. The van der Waals surface area contributed by atoms with E-state index in [2.05, 4.69) is 18.0 Å². The van der Waals surface area contributed by atoms with Crippen molar-refractivity contribution in [3.05, 3.63) is 35.0 Å². The minimum Gasteiger partial charge on any atom is -0.461 e. The van der Waals surface area contributed by atoms with E-state index in [1.165, 1.54) is 12.8 Å². The maximum Gasteiger partial charge on any atom is 0.134 e. The zero-order chi connectivity index (χ0) is 11.8. The van der Waals surface area contributed by atoms with Gasteiger partial charge in [0.2, 0.25) is 0 Å². The van der Waals surface area contributed by atoms with Gasteiger partial charge in [0.1, 0.15) is 11.3 Å². The van der Waals surface area contributed by atoms with Gasteiger partial charge in [0.15, 0.2) is 0 Å². The van der Waals surface area contributed by atoms with Crippen LogP contribution in [0.25, 0.3) is 11.0 Å². The summed E-state index contributed by atoms with van der Waals surface area (Å²) in [4.78, 5) is 2.37. The number of nitrogens with zero attached hydrogens (tertiary/aromatic N) is 1. The lowest BCUT2D eigenvalue weighted by atomic mass is 9.94. The molecule has 4 heteroatoms. The van der Waals surface area contributed by atoms with Gasteiger partial charge >= 0.3 is 0 Å². The minimum absolute atomic E-state index is 0. The molecule has 0 unspecified atom stereocenters. The summed E-state index contributed by atoms with van der Waals surface area (Å²) in [6.07, 6.45) is 2.37. The lowest BCUT2D eigenvalue weighted by molar-refractivity contribution is 0.242. The van der Waals surface area contributed by atoms with Crippen LogP contribution in [-0.4, -0.2) is 25.0 Å². The number of benzene rings is 1. The van der Waals surface area contributed by atoms with Gasteiger partial charge in [-0.1, -0.05) is 11.6 Å². The number of fused-ring (bicyclic) bond motifs is 1. The first kappa shape index (κ1) is 13.7. The van der Waals surface area contributed by atoms with Crippen LogP contribution in [0, 0.1) is 0 Å². The van der Waals surface area contributed by atoms with Crippen molar-refractivity contribution in [3.63, 3.8) is 0 Å². The van der Waals surface area contributed by atoms with Gasteiger partial charge in [0.25, 0.3) is 0 Å². The van der Waals surface area contributed by atoms with Crippen molar-refractivity contribution in [2.24, 2.45) is 0 Å². The van der Waals surface area contributed by atoms with E-state index in [1.54, 1.807) is 0 Å². The number of hydrogen-bond donors (Lipinski definition) is 0. The second-order valence-electron chi connectivity index (χ2n) is 4.91. The summed E-state index contributed by atoms with van der Waals surface area (Å²) in [6, 6.07) is 7.96. The first-order valence-electron chi connectivity index (χ1n) is 6.10. The minimum atomic E-state index is 0. The Balaban J connectivity index is 0.00000120. The van der Waals surface area contributed by atoms with Gasteiger partial charge in [0.05, 0.1) is 0 Å². The van der Waals surface area contributed by atoms with E-state index >= 15 is 0 Å². The zero-order valence-electron chi connectivity index (χ0n) is 10.4. The number of halogens is 2. The van der Waals surface area contributed by atoms with E-state index in [0.717, 1.165) is 34.8 Å². The van der Waals surface area contributed by atoms with Crippen molar-refractivity contribution in [1.82, 2.24) is 4.90 Å². The summed E-state index contributed by atoms with van der Waals surface area (Å²) in [5.41, 5.74) is 0.948. The van der Waals surface area contributed by atoms with Crippen LogP contribution in [0.2, 0.25) is 5.02 Å². The molecule has 1 saturated heterocycles. The SMILES string of the molecule is CN1CCC(c2cc3cc(Cl)ccc3o2)CC1.Cl. The Labute approximate surface area is 118 Å². The van der Waals surface area contributed by atoms with Crippen molar-refractivity contribution in [1.29, 1.82) is 0 Å². The number of piperidine rings is 1. The van der Waals surface area contributed by atoms with Crippen molar-refractivity contribution >= 4 is 35.0 Å². The Bertz CT molecular complexity index is 530. The first-order chi connectivity index (χ1) is 8.22. The molecule has 1 aromatic heterocycles. The fraction of sp³-hybridized carbons (Fsp3) is 0.429. The molecule has 2 aromatic rings. The molecule has 2 nitrogen and oxygen atoms in total. The molecule has 3 rings (SSSR count). The smallest absolute Gasteiger partial charge is 0.134 e. The maximum atomic E-state index is 5.98. The Hall–Kier alpha value is -0.700. The summed E-state index contributed by atoms with van der Waals surface area (Å²) in [7, 11) is 2.18. The number of hydrogen-bond acceptors (Lipinski definition) is 2. The lowest BCUT2D eigenvalue weighted by Crippen LogP contribution is -2.29. The van der Waals surface area contributed by atoms with Crippen LogP contribution in [-0.2, 0) is 0 Å². The van der Waals surface area contributed by atoms with Crippen LogP contribution in [0.4, 0.5) is 0 Å². The summed E-state index contributed by atoms with van der Waals surface area (Å²) in [5.74, 6) is 1.69. The average molecular weight is 286 g/mol. The number of rotatable bonds is 1. The monoisotopic (exact) mass is 285 g/mol. The molecule has 1 aliphatic heterocycles. The highest BCUT2D eigenvalue weighted by atomic mass is 35.5. The third-order valence-electron chi connectivity index (χ3n) is 3.62. The highest BCUT2D eigenvalue weighted by Crippen LogP contribution is 2.32. The Morgan fingerprint density at radius 2 is 1.94 bits per heavy atom. The standard InChI is InChI=1S/C14H16ClNO.ClH/c1-16-6-4-10(5-7-16)14-9-11-8-12(15)2-3-13(11)17-14;/h2-3,8-10H,4-7H2,1H3;1H. The van der Waals surface area contributed by atoms with Crippen LogP contribution in [0.3, 0.4) is 0 Å². The van der Waals surface area contributed by atoms with E-state index in [1.807, 2.05) is 18.2 Å². The van der Waals surface area contributed by atoms with Gasteiger partial charge in [0, 0.05) is 16.3 Å². The van der Waals surface area contributed by atoms with E-state index in [4.69, 9.17) is 16.0 Å². The van der Waals surface area contributed by atoms with E-state index in [-0.39, 0.29) is 12.4 Å². The molecule has 0 saturated carbocycles.